The Morgan fingerprint density at radius 1 is 1.30 bits per heavy atom. The predicted molar refractivity (Wildman–Crippen MR) is 76.3 cm³/mol. The number of carbonyl (C=O) groups is 1. The second kappa shape index (κ2) is 6.34. The van der Waals surface area contributed by atoms with Crippen LogP contribution in [0, 0.1) is 6.92 Å². The Bertz CT molecular complexity index is 605. The molecule has 2 aromatic rings. The lowest BCUT2D eigenvalue weighted by molar-refractivity contribution is 0.0599. The summed E-state index contributed by atoms with van der Waals surface area (Å²) in [6.45, 7) is 3.36. The van der Waals surface area contributed by atoms with E-state index in [1.165, 1.54) is 7.11 Å². The molecule has 0 fully saturated rings. The number of nitrogens with one attached hydrogen (secondary N) is 1. The van der Waals surface area contributed by atoms with Crippen LogP contribution in [0.1, 0.15) is 27.2 Å². The Balaban J connectivity index is 2.01. The first kappa shape index (κ1) is 14.3. The fourth-order valence-electron chi connectivity index (χ4n) is 2.03. The number of nitrogens with zero attached hydrogens (tertiary/aromatic N) is 2. The standard InChI is InChI=1S/C15H19N3O2/c1-11-13(10-17-18(11)2)9-16-8-12-6-4-5-7-14(12)15(19)20-3/h4-7,10,16H,8-9H2,1-3H3. The van der Waals surface area contributed by atoms with Crippen LogP contribution < -0.4 is 5.32 Å². The van der Waals surface area contributed by atoms with Crippen molar-refractivity contribution < 1.29 is 9.53 Å². The van der Waals surface area contributed by atoms with Gasteiger partial charge < -0.3 is 10.1 Å². The summed E-state index contributed by atoms with van der Waals surface area (Å²) in [5.74, 6) is -0.306. The molecule has 0 atom stereocenters. The molecule has 0 amide bonds. The average molecular weight is 273 g/mol. The molecule has 20 heavy (non-hydrogen) atoms. The third kappa shape index (κ3) is 3.05. The van der Waals surface area contributed by atoms with Crippen molar-refractivity contribution >= 4 is 5.97 Å². The van der Waals surface area contributed by atoms with Gasteiger partial charge in [-0.1, -0.05) is 18.2 Å². The Labute approximate surface area is 118 Å². The molecule has 0 bridgehead atoms. The fraction of sp³-hybridized carbons (Fsp3) is 0.333. The van der Waals surface area contributed by atoms with Gasteiger partial charge in [0, 0.05) is 31.4 Å². The molecule has 5 heteroatoms. The van der Waals surface area contributed by atoms with Gasteiger partial charge in [0.05, 0.1) is 18.9 Å². The van der Waals surface area contributed by atoms with Crippen molar-refractivity contribution in [3.63, 3.8) is 0 Å². The van der Waals surface area contributed by atoms with E-state index in [9.17, 15) is 4.79 Å². The summed E-state index contributed by atoms with van der Waals surface area (Å²) in [4.78, 5) is 11.7. The summed E-state index contributed by atoms with van der Waals surface area (Å²) < 4.78 is 6.63. The van der Waals surface area contributed by atoms with Crippen molar-refractivity contribution in [2.75, 3.05) is 7.11 Å². The van der Waals surface area contributed by atoms with Crippen LogP contribution >= 0.6 is 0 Å². The van der Waals surface area contributed by atoms with Crippen LogP contribution in [-0.2, 0) is 24.9 Å². The van der Waals surface area contributed by atoms with E-state index in [1.54, 1.807) is 6.07 Å². The molecule has 1 heterocycles. The van der Waals surface area contributed by atoms with Gasteiger partial charge in [0.1, 0.15) is 0 Å². The van der Waals surface area contributed by atoms with Crippen LogP contribution in [-0.4, -0.2) is 22.9 Å². The number of hydrogen-bond acceptors (Lipinski definition) is 4. The van der Waals surface area contributed by atoms with Gasteiger partial charge in [-0.15, -0.1) is 0 Å². The SMILES string of the molecule is COC(=O)c1ccccc1CNCc1cnn(C)c1C. The van der Waals surface area contributed by atoms with Gasteiger partial charge >= 0.3 is 5.97 Å². The Kier molecular flexibility index (Phi) is 4.53. The topological polar surface area (TPSA) is 56.1 Å². The van der Waals surface area contributed by atoms with Gasteiger partial charge in [0.2, 0.25) is 0 Å². The third-order valence-corrected chi connectivity index (χ3v) is 3.39. The van der Waals surface area contributed by atoms with E-state index < -0.39 is 0 Å². The summed E-state index contributed by atoms with van der Waals surface area (Å²) in [6, 6.07) is 7.45. The van der Waals surface area contributed by atoms with E-state index in [0.717, 1.165) is 23.4 Å². The van der Waals surface area contributed by atoms with Gasteiger partial charge in [0.15, 0.2) is 0 Å². The molecule has 0 aliphatic carbocycles. The monoisotopic (exact) mass is 273 g/mol. The van der Waals surface area contributed by atoms with Crippen molar-refractivity contribution in [3.05, 3.63) is 52.8 Å². The molecule has 0 aliphatic heterocycles. The number of carbonyl (C=O) groups excluding carboxylic acids is 1. The van der Waals surface area contributed by atoms with Crippen LogP contribution in [0.3, 0.4) is 0 Å². The normalized spacial score (nSPS) is 10.6. The van der Waals surface area contributed by atoms with Gasteiger partial charge in [0.25, 0.3) is 0 Å². The highest BCUT2D eigenvalue weighted by Gasteiger charge is 2.10. The largest absolute Gasteiger partial charge is 0.465 e. The predicted octanol–water partition coefficient (Wildman–Crippen LogP) is 1.80. The number of hydrogen-bond donors (Lipinski definition) is 1. The summed E-state index contributed by atoms with van der Waals surface area (Å²) in [7, 11) is 3.32. The minimum absolute atomic E-state index is 0.306. The van der Waals surface area contributed by atoms with Crippen LogP contribution in [0.5, 0.6) is 0 Å². The Morgan fingerprint density at radius 3 is 2.65 bits per heavy atom. The zero-order valence-corrected chi connectivity index (χ0v) is 12.0. The van der Waals surface area contributed by atoms with Crippen LogP contribution in [0.4, 0.5) is 0 Å². The lowest BCUT2D eigenvalue weighted by Gasteiger charge is -2.09. The van der Waals surface area contributed by atoms with E-state index in [1.807, 2.05) is 43.0 Å². The average Bonchev–Trinajstić information content (AvgIpc) is 2.79. The highest BCUT2D eigenvalue weighted by atomic mass is 16.5. The first-order valence-electron chi connectivity index (χ1n) is 6.48. The van der Waals surface area contributed by atoms with E-state index in [0.29, 0.717) is 12.1 Å². The van der Waals surface area contributed by atoms with Crippen LogP contribution in [0.25, 0.3) is 0 Å². The summed E-state index contributed by atoms with van der Waals surface area (Å²) in [5, 5.41) is 7.53. The second-order valence-corrected chi connectivity index (χ2v) is 4.63. The molecule has 1 N–H and O–H groups in total. The minimum Gasteiger partial charge on any atom is -0.465 e. The maximum absolute atomic E-state index is 11.7. The Hall–Kier alpha value is -2.14. The van der Waals surface area contributed by atoms with Gasteiger partial charge in [-0.3, -0.25) is 4.68 Å². The maximum atomic E-state index is 11.7. The van der Waals surface area contributed by atoms with Crippen LogP contribution in [0.2, 0.25) is 0 Å². The summed E-state index contributed by atoms with van der Waals surface area (Å²) in [6.07, 6.45) is 1.86. The number of methoxy groups -OCH3 is 1. The van der Waals surface area contributed by atoms with Crippen molar-refractivity contribution in [2.24, 2.45) is 7.05 Å². The van der Waals surface area contributed by atoms with E-state index in [4.69, 9.17) is 4.74 Å². The van der Waals surface area contributed by atoms with Gasteiger partial charge in [-0.25, -0.2) is 4.79 Å². The number of benzene rings is 1. The first-order chi connectivity index (χ1) is 9.63. The number of aromatic nitrogens is 2. The second-order valence-electron chi connectivity index (χ2n) is 4.63. The number of rotatable bonds is 5. The lowest BCUT2D eigenvalue weighted by Crippen LogP contribution is -2.16. The van der Waals surface area contributed by atoms with Crippen molar-refractivity contribution in [2.45, 2.75) is 20.0 Å². The van der Waals surface area contributed by atoms with E-state index >= 15 is 0 Å². The van der Waals surface area contributed by atoms with Crippen molar-refractivity contribution in [1.29, 1.82) is 0 Å². The highest BCUT2D eigenvalue weighted by molar-refractivity contribution is 5.90. The molecule has 5 nitrogen and oxygen atoms in total. The molecule has 0 radical (unpaired) electrons. The summed E-state index contributed by atoms with van der Waals surface area (Å²) >= 11 is 0. The molecule has 106 valence electrons. The molecule has 2 rings (SSSR count). The van der Waals surface area contributed by atoms with Gasteiger partial charge in [-0.05, 0) is 18.6 Å². The van der Waals surface area contributed by atoms with Crippen molar-refractivity contribution in [3.8, 4) is 0 Å². The molecule has 0 saturated heterocycles. The smallest absolute Gasteiger partial charge is 0.338 e. The molecular formula is C15H19N3O2. The Morgan fingerprint density at radius 2 is 2.00 bits per heavy atom. The molecule has 1 aromatic heterocycles. The fourth-order valence-corrected chi connectivity index (χ4v) is 2.03. The number of aryl methyl sites for hydroxylation is 1. The summed E-state index contributed by atoms with van der Waals surface area (Å²) in [5.41, 5.74) is 3.83. The third-order valence-electron chi connectivity index (χ3n) is 3.39. The molecule has 0 aliphatic rings. The zero-order valence-electron chi connectivity index (χ0n) is 12.0. The zero-order chi connectivity index (χ0) is 14.5. The number of esters is 1. The highest BCUT2D eigenvalue weighted by Crippen LogP contribution is 2.11. The molecule has 0 saturated carbocycles. The molecular weight excluding hydrogens is 254 g/mol. The minimum atomic E-state index is -0.306. The van der Waals surface area contributed by atoms with E-state index in [-0.39, 0.29) is 5.97 Å². The van der Waals surface area contributed by atoms with Crippen molar-refractivity contribution in [1.82, 2.24) is 15.1 Å². The molecule has 0 spiro atoms. The van der Waals surface area contributed by atoms with E-state index in [2.05, 4.69) is 10.4 Å². The number of ether oxygens (including phenoxy) is 1. The first-order valence-corrected chi connectivity index (χ1v) is 6.48. The quantitative estimate of drug-likeness (QED) is 0.844. The molecule has 0 unspecified atom stereocenters. The lowest BCUT2D eigenvalue weighted by atomic mass is 10.1. The molecule has 1 aromatic carbocycles. The maximum Gasteiger partial charge on any atom is 0.338 e. The van der Waals surface area contributed by atoms with Crippen LogP contribution in [0.15, 0.2) is 30.5 Å². The van der Waals surface area contributed by atoms with Gasteiger partial charge in [-0.2, -0.15) is 5.10 Å².